The number of nitrogens with one attached hydrogen (secondary N) is 3. The summed E-state index contributed by atoms with van der Waals surface area (Å²) >= 11 is 1.40. The van der Waals surface area contributed by atoms with E-state index in [1.165, 1.54) is 25.6 Å². The number of thioether (sulfide) groups is 1. The van der Waals surface area contributed by atoms with Gasteiger partial charge < -0.3 is 48.5 Å². The van der Waals surface area contributed by atoms with Gasteiger partial charge in [-0.25, -0.2) is 4.79 Å². The molecule has 0 bridgehead atoms. The summed E-state index contributed by atoms with van der Waals surface area (Å²) < 4.78 is 0. The topological polar surface area (TPSA) is 255 Å². The van der Waals surface area contributed by atoms with Crippen molar-refractivity contribution in [2.24, 2.45) is 22.2 Å². The van der Waals surface area contributed by atoms with Crippen LogP contribution < -0.4 is 33.2 Å². The number of aliphatic hydroxyl groups excluding tert-OH is 2. The van der Waals surface area contributed by atoms with Crippen molar-refractivity contribution in [2.75, 3.05) is 18.6 Å². The molecule has 0 aliphatic heterocycles. The number of aliphatic hydroxyl groups is 2. The van der Waals surface area contributed by atoms with Crippen molar-refractivity contribution in [3.8, 4) is 0 Å². The fraction of sp³-hybridized carbons (Fsp3) is 0.737. The van der Waals surface area contributed by atoms with E-state index in [-0.39, 0.29) is 31.8 Å². The number of carbonyl (C=O) groups excluding carboxylic acids is 3. The zero-order valence-corrected chi connectivity index (χ0v) is 20.4. The number of carboxylic acids is 1. The molecule has 0 aromatic heterocycles. The Kier molecular flexibility index (Phi) is 14.8. The van der Waals surface area contributed by atoms with Crippen LogP contribution in [-0.4, -0.2) is 99.9 Å². The quantitative estimate of drug-likeness (QED) is 0.0560. The molecule has 0 radical (unpaired) electrons. The number of aliphatic imine (C=N–C) groups is 1. The molecule has 0 aliphatic carbocycles. The third-order valence-corrected chi connectivity index (χ3v) is 5.33. The SMILES string of the molecule is CSCCC(NC(=O)C(NC(=O)C(N)C(C)O)C(C)O)C(=O)NC(CCCN=C(N)N)C(=O)O. The van der Waals surface area contributed by atoms with E-state index < -0.39 is 60.1 Å². The van der Waals surface area contributed by atoms with E-state index in [2.05, 4.69) is 20.9 Å². The largest absolute Gasteiger partial charge is 0.480 e. The van der Waals surface area contributed by atoms with Crippen molar-refractivity contribution >= 4 is 41.4 Å². The first kappa shape index (κ1) is 31.4. The normalized spacial score (nSPS) is 16.2. The summed E-state index contributed by atoms with van der Waals surface area (Å²) in [5, 5.41) is 35.9. The molecule has 6 unspecified atom stereocenters. The Bertz CT molecular complexity index is 717. The Labute approximate surface area is 202 Å². The smallest absolute Gasteiger partial charge is 0.326 e. The Balaban J connectivity index is 5.36. The maximum Gasteiger partial charge on any atom is 0.326 e. The molecule has 0 aromatic rings. The van der Waals surface area contributed by atoms with Gasteiger partial charge in [0.15, 0.2) is 5.96 Å². The molecule has 0 fully saturated rings. The van der Waals surface area contributed by atoms with Gasteiger partial charge in [-0.15, -0.1) is 0 Å². The summed E-state index contributed by atoms with van der Waals surface area (Å²) in [6, 6.07) is -5.17. The number of rotatable bonds is 16. The van der Waals surface area contributed by atoms with Crippen LogP contribution in [-0.2, 0) is 19.2 Å². The van der Waals surface area contributed by atoms with E-state index in [0.29, 0.717) is 5.75 Å². The second-order valence-electron chi connectivity index (χ2n) is 7.68. The molecule has 34 heavy (non-hydrogen) atoms. The van der Waals surface area contributed by atoms with Crippen molar-refractivity contribution in [1.82, 2.24) is 16.0 Å². The first-order valence-electron chi connectivity index (χ1n) is 10.6. The van der Waals surface area contributed by atoms with Crippen molar-refractivity contribution < 1.29 is 34.5 Å². The monoisotopic (exact) mass is 507 g/mol. The van der Waals surface area contributed by atoms with Gasteiger partial charge in [-0.3, -0.25) is 19.4 Å². The summed E-state index contributed by atoms with van der Waals surface area (Å²) in [6.07, 6.45) is -0.264. The number of nitrogens with two attached hydrogens (primary N) is 3. The Morgan fingerprint density at radius 3 is 1.97 bits per heavy atom. The lowest BCUT2D eigenvalue weighted by Gasteiger charge is -2.26. The highest BCUT2D eigenvalue weighted by molar-refractivity contribution is 7.98. The van der Waals surface area contributed by atoms with Crippen molar-refractivity contribution in [1.29, 1.82) is 0 Å². The molecule has 0 rings (SSSR count). The average Bonchev–Trinajstić information content (AvgIpc) is 2.74. The molecule has 0 saturated carbocycles. The second kappa shape index (κ2) is 16.1. The van der Waals surface area contributed by atoms with Gasteiger partial charge in [-0.05, 0) is 45.1 Å². The third kappa shape index (κ3) is 12.0. The molecule has 0 spiro atoms. The Morgan fingerprint density at radius 2 is 1.50 bits per heavy atom. The van der Waals surface area contributed by atoms with Crippen LogP contribution in [0.2, 0.25) is 0 Å². The van der Waals surface area contributed by atoms with Gasteiger partial charge in [0.25, 0.3) is 0 Å². The predicted octanol–water partition coefficient (Wildman–Crippen LogP) is -3.58. The van der Waals surface area contributed by atoms with Crippen LogP contribution in [0.25, 0.3) is 0 Å². The number of nitrogens with zero attached hydrogens (tertiary/aromatic N) is 1. The summed E-state index contributed by atoms with van der Waals surface area (Å²) in [6.45, 7) is 2.73. The first-order valence-corrected chi connectivity index (χ1v) is 12.0. The summed E-state index contributed by atoms with van der Waals surface area (Å²) in [5.41, 5.74) is 16.0. The van der Waals surface area contributed by atoms with Crippen molar-refractivity contribution in [2.45, 2.75) is 69.5 Å². The van der Waals surface area contributed by atoms with Crippen LogP contribution in [0.1, 0.15) is 33.1 Å². The fourth-order valence-electron chi connectivity index (χ4n) is 2.67. The molecule has 3 amide bonds. The van der Waals surface area contributed by atoms with Crippen LogP contribution in [0.3, 0.4) is 0 Å². The van der Waals surface area contributed by atoms with Crippen LogP contribution >= 0.6 is 11.8 Å². The highest BCUT2D eigenvalue weighted by atomic mass is 32.2. The van der Waals surface area contributed by atoms with Crippen LogP contribution in [0.5, 0.6) is 0 Å². The lowest BCUT2D eigenvalue weighted by molar-refractivity contribution is -0.142. The van der Waals surface area contributed by atoms with Crippen LogP contribution in [0, 0.1) is 0 Å². The first-order chi connectivity index (χ1) is 15.8. The molecule has 15 heteroatoms. The van der Waals surface area contributed by atoms with Gasteiger partial charge in [-0.2, -0.15) is 11.8 Å². The highest BCUT2D eigenvalue weighted by Gasteiger charge is 2.32. The fourth-order valence-corrected chi connectivity index (χ4v) is 3.14. The van der Waals surface area contributed by atoms with E-state index in [4.69, 9.17) is 17.2 Å². The molecule has 6 atom stereocenters. The number of aliphatic carboxylic acids is 1. The lowest BCUT2D eigenvalue weighted by atomic mass is 10.1. The molecular formula is C19H37N7O7S. The zero-order valence-electron chi connectivity index (χ0n) is 19.6. The maximum absolute atomic E-state index is 12.8. The molecular weight excluding hydrogens is 470 g/mol. The lowest BCUT2D eigenvalue weighted by Crippen LogP contribution is -2.60. The van der Waals surface area contributed by atoms with Crippen molar-refractivity contribution in [3.05, 3.63) is 0 Å². The standard InChI is InChI=1S/C19H37N7O7S/c1-9(27)13(20)16(30)26-14(10(2)28)17(31)24-11(6-8-34-3)15(29)25-12(18(32)33)5-4-7-23-19(21)22/h9-14,27-28H,4-8,20H2,1-3H3,(H,24,31)(H,25,29)(H,26,30)(H,32,33)(H4,21,22,23). The number of amides is 3. The minimum atomic E-state index is -1.46. The van der Waals surface area contributed by atoms with Gasteiger partial charge in [0, 0.05) is 6.54 Å². The number of guanidine groups is 1. The van der Waals surface area contributed by atoms with Crippen LogP contribution in [0.15, 0.2) is 4.99 Å². The number of hydrogen-bond donors (Lipinski definition) is 9. The summed E-state index contributed by atoms with van der Waals surface area (Å²) in [4.78, 5) is 53.0. The molecule has 0 aromatic carbocycles. The molecule has 0 saturated heterocycles. The van der Waals surface area contributed by atoms with E-state index in [1.807, 2.05) is 0 Å². The van der Waals surface area contributed by atoms with E-state index in [1.54, 1.807) is 6.26 Å². The summed E-state index contributed by atoms with van der Waals surface area (Å²) in [5.74, 6) is -3.43. The second-order valence-corrected chi connectivity index (χ2v) is 8.67. The molecule has 0 heterocycles. The minimum Gasteiger partial charge on any atom is -0.480 e. The molecule has 196 valence electrons. The van der Waals surface area contributed by atoms with E-state index in [0.717, 1.165) is 0 Å². The van der Waals surface area contributed by atoms with Crippen LogP contribution in [0.4, 0.5) is 0 Å². The predicted molar refractivity (Wildman–Crippen MR) is 128 cm³/mol. The van der Waals surface area contributed by atoms with Gasteiger partial charge in [0.1, 0.15) is 24.2 Å². The van der Waals surface area contributed by atoms with E-state index >= 15 is 0 Å². The van der Waals surface area contributed by atoms with Gasteiger partial charge in [0.05, 0.1) is 12.2 Å². The van der Waals surface area contributed by atoms with Gasteiger partial charge >= 0.3 is 5.97 Å². The summed E-state index contributed by atoms with van der Waals surface area (Å²) in [7, 11) is 0. The third-order valence-electron chi connectivity index (χ3n) is 4.69. The average molecular weight is 508 g/mol. The van der Waals surface area contributed by atoms with Gasteiger partial charge in [0.2, 0.25) is 17.7 Å². The van der Waals surface area contributed by atoms with Gasteiger partial charge in [-0.1, -0.05) is 0 Å². The molecule has 14 nitrogen and oxygen atoms in total. The number of hydrogen-bond acceptors (Lipinski definition) is 9. The molecule has 12 N–H and O–H groups in total. The maximum atomic E-state index is 12.8. The minimum absolute atomic E-state index is 0.0463. The van der Waals surface area contributed by atoms with Crippen molar-refractivity contribution in [3.63, 3.8) is 0 Å². The van der Waals surface area contributed by atoms with E-state index in [9.17, 15) is 34.5 Å². The Hall–Kier alpha value is -2.62. The number of carbonyl (C=O) groups is 4. The zero-order chi connectivity index (χ0) is 26.4. The highest BCUT2D eigenvalue weighted by Crippen LogP contribution is 2.06. The Morgan fingerprint density at radius 1 is 0.912 bits per heavy atom. The molecule has 0 aliphatic rings. The number of carboxylic acid groups (broad SMARTS) is 1.